The highest BCUT2D eigenvalue weighted by Gasteiger charge is 2.31. The molecule has 1 aliphatic heterocycles. The fourth-order valence-corrected chi connectivity index (χ4v) is 1.86. The average molecular weight is 294 g/mol. The van der Waals surface area contributed by atoms with Gasteiger partial charge in [-0.3, -0.25) is 4.79 Å². The van der Waals surface area contributed by atoms with Crippen LogP contribution < -0.4 is 10.1 Å². The minimum Gasteiger partial charge on any atom is -0.486 e. The highest BCUT2D eigenvalue weighted by atomic mass is 35.5. The third-order valence-corrected chi connectivity index (χ3v) is 2.76. The molecule has 0 aliphatic carbocycles. The van der Waals surface area contributed by atoms with Gasteiger partial charge < -0.3 is 14.8 Å². The largest absolute Gasteiger partial charge is 0.486 e. The van der Waals surface area contributed by atoms with E-state index in [0.717, 1.165) is 18.2 Å². The molecule has 0 unspecified atom stereocenters. The highest BCUT2D eigenvalue weighted by Crippen LogP contribution is 2.22. The Morgan fingerprint density at radius 1 is 1.42 bits per heavy atom. The van der Waals surface area contributed by atoms with E-state index >= 15 is 0 Å². The number of rotatable bonds is 3. The van der Waals surface area contributed by atoms with Crippen molar-refractivity contribution in [1.29, 1.82) is 0 Å². The Kier molecular flexibility index (Phi) is 5.50. The molecule has 0 bridgehead atoms. The van der Waals surface area contributed by atoms with Crippen LogP contribution in [0.3, 0.4) is 0 Å². The van der Waals surface area contributed by atoms with Gasteiger partial charge in [0.15, 0.2) is 11.6 Å². The van der Waals surface area contributed by atoms with Crippen LogP contribution >= 0.6 is 12.4 Å². The Hall–Kier alpha value is -1.40. The van der Waals surface area contributed by atoms with Gasteiger partial charge >= 0.3 is 5.97 Å². The van der Waals surface area contributed by atoms with Gasteiger partial charge in [0.05, 0.1) is 7.11 Å². The lowest BCUT2D eigenvalue weighted by Gasteiger charge is -2.13. The Bertz CT molecular complexity index is 459. The minimum absolute atomic E-state index is 0. The molecule has 2 rings (SSSR count). The van der Waals surface area contributed by atoms with Crippen molar-refractivity contribution in [2.75, 3.05) is 13.7 Å². The maximum absolute atomic E-state index is 13.3. The van der Waals surface area contributed by atoms with E-state index in [2.05, 4.69) is 10.1 Å². The van der Waals surface area contributed by atoms with Gasteiger partial charge in [-0.2, -0.15) is 0 Å². The summed E-state index contributed by atoms with van der Waals surface area (Å²) in [6, 6.07) is 2.55. The molecule has 19 heavy (non-hydrogen) atoms. The molecule has 1 heterocycles. The molecule has 0 radical (unpaired) electrons. The molecule has 0 spiro atoms. The summed E-state index contributed by atoms with van der Waals surface area (Å²) >= 11 is 0. The van der Waals surface area contributed by atoms with Gasteiger partial charge in [0.2, 0.25) is 0 Å². The van der Waals surface area contributed by atoms with Gasteiger partial charge in [-0.25, -0.2) is 8.78 Å². The smallest absolute Gasteiger partial charge is 0.323 e. The lowest BCUT2D eigenvalue weighted by Crippen LogP contribution is -2.31. The summed E-state index contributed by atoms with van der Waals surface area (Å²) in [5.41, 5.74) is 0. The van der Waals surface area contributed by atoms with E-state index in [1.54, 1.807) is 0 Å². The number of methoxy groups -OCH3 is 1. The van der Waals surface area contributed by atoms with Crippen molar-refractivity contribution in [2.45, 2.75) is 18.6 Å². The number of esters is 1. The Morgan fingerprint density at radius 3 is 2.84 bits per heavy atom. The SMILES string of the molecule is COC(=O)[C@@H]1C[C@H](Oc2cc(F)ccc2F)CN1.Cl. The third kappa shape index (κ3) is 3.78. The van der Waals surface area contributed by atoms with E-state index in [-0.39, 0.29) is 30.2 Å². The molecule has 0 aromatic heterocycles. The second-order valence-electron chi connectivity index (χ2n) is 4.03. The maximum atomic E-state index is 13.3. The van der Waals surface area contributed by atoms with Crippen molar-refractivity contribution in [3.8, 4) is 5.75 Å². The molecule has 1 fully saturated rings. The lowest BCUT2D eigenvalue weighted by atomic mass is 10.2. The van der Waals surface area contributed by atoms with Crippen molar-refractivity contribution < 1.29 is 23.0 Å². The molecule has 1 aromatic rings. The zero-order chi connectivity index (χ0) is 13.1. The fraction of sp³-hybridized carbons (Fsp3) is 0.417. The molecule has 1 N–H and O–H groups in total. The molecule has 1 aliphatic rings. The lowest BCUT2D eigenvalue weighted by molar-refractivity contribution is -0.142. The van der Waals surface area contributed by atoms with Gasteiger partial charge in [0, 0.05) is 19.0 Å². The van der Waals surface area contributed by atoms with Crippen molar-refractivity contribution in [1.82, 2.24) is 5.32 Å². The molecule has 0 amide bonds. The highest BCUT2D eigenvalue weighted by molar-refractivity contribution is 5.85. The van der Waals surface area contributed by atoms with Crippen molar-refractivity contribution in [3.05, 3.63) is 29.8 Å². The Labute approximate surface area is 115 Å². The summed E-state index contributed by atoms with van der Waals surface area (Å²) in [5.74, 6) is -1.73. The van der Waals surface area contributed by atoms with E-state index < -0.39 is 17.7 Å². The van der Waals surface area contributed by atoms with E-state index in [1.165, 1.54) is 7.11 Å². The maximum Gasteiger partial charge on any atom is 0.323 e. The zero-order valence-corrected chi connectivity index (χ0v) is 11.0. The van der Waals surface area contributed by atoms with Crippen molar-refractivity contribution in [2.24, 2.45) is 0 Å². The molecule has 4 nitrogen and oxygen atoms in total. The zero-order valence-electron chi connectivity index (χ0n) is 10.2. The molecule has 2 atom stereocenters. The van der Waals surface area contributed by atoms with E-state index in [1.807, 2.05) is 0 Å². The van der Waals surface area contributed by atoms with E-state index in [9.17, 15) is 13.6 Å². The van der Waals surface area contributed by atoms with Crippen molar-refractivity contribution >= 4 is 18.4 Å². The van der Waals surface area contributed by atoms with Crippen LogP contribution in [0, 0.1) is 11.6 Å². The van der Waals surface area contributed by atoms with Gasteiger partial charge in [-0.1, -0.05) is 0 Å². The summed E-state index contributed by atoms with van der Waals surface area (Å²) in [5, 5.41) is 2.90. The second kappa shape index (κ2) is 6.68. The minimum atomic E-state index is -0.627. The van der Waals surface area contributed by atoms with Crippen LogP contribution in [-0.4, -0.2) is 31.8 Å². The number of benzene rings is 1. The average Bonchev–Trinajstić information content (AvgIpc) is 2.81. The van der Waals surface area contributed by atoms with Crippen LogP contribution in [0.4, 0.5) is 8.78 Å². The second-order valence-corrected chi connectivity index (χ2v) is 4.03. The summed E-state index contributed by atoms with van der Waals surface area (Å²) in [7, 11) is 1.30. The first-order valence-corrected chi connectivity index (χ1v) is 5.53. The van der Waals surface area contributed by atoms with Gasteiger partial charge in [-0.05, 0) is 12.1 Å². The quantitative estimate of drug-likeness (QED) is 0.861. The van der Waals surface area contributed by atoms with Gasteiger partial charge in [0.25, 0.3) is 0 Å². The number of nitrogens with one attached hydrogen (secondary N) is 1. The van der Waals surface area contributed by atoms with Crippen LogP contribution in [0.25, 0.3) is 0 Å². The Balaban J connectivity index is 0.00000180. The molecular formula is C12H14ClF2NO3. The topological polar surface area (TPSA) is 47.6 Å². The number of carbonyl (C=O) groups excluding carboxylic acids is 1. The van der Waals surface area contributed by atoms with E-state index in [4.69, 9.17) is 4.74 Å². The molecular weight excluding hydrogens is 280 g/mol. The monoisotopic (exact) mass is 293 g/mol. The molecule has 106 valence electrons. The van der Waals surface area contributed by atoms with E-state index in [0.29, 0.717) is 13.0 Å². The summed E-state index contributed by atoms with van der Waals surface area (Å²) in [4.78, 5) is 11.3. The molecule has 1 saturated heterocycles. The van der Waals surface area contributed by atoms with Crippen LogP contribution in [0.2, 0.25) is 0 Å². The predicted molar refractivity (Wildman–Crippen MR) is 66.4 cm³/mol. The predicted octanol–water partition coefficient (Wildman–Crippen LogP) is 1.67. The summed E-state index contributed by atoms with van der Waals surface area (Å²) in [6.07, 6.45) is -0.0202. The van der Waals surface area contributed by atoms with Crippen LogP contribution in [0.1, 0.15) is 6.42 Å². The van der Waals surface area contributed by atoms with Crippen LogP contribution in [-0.2, 0) is 9.53 Å². The number of hydrogen-bond donors (Lipinski definition) is 1. The fourth-order valence-electron chi connectivity index (χ4n) is 1.86. The standard InChI is InChI=1S/C12H13F2NO3.ClH/c1-17-12(16)10-5-8(6-15-10)18-11-4-7(13)2-3-9(11)14;/h2-4,8,10,15H,5-6H2,1H3;1H/t8-,10-;/m0./s1. The van der Waals surface area contributed by atoms with Gasteiger partial charge in [-0.15, -0.1) is 12.4 Å². The van der Waals surface area contributed by atoms with Crippen LogP contribution in [0.5, 0.6) is 5.75 Å². The summed E-state index contributed by atoms with van der Waals surface area (Å²) < 4.78 is 36.2. The number of carbonyl (C=O) groups is 1. The first kappa shape index (κ1) is 15.7. The summed E-state index contributed by atoms with van der Waals surface area (Å²) in [6.45, 7) is 0.385. The first-order valence-electron chi connectivity index (χ1n) is 5.53. The number of hydrogen-bond acceptors (Lipinski definition) is 4. The van der Waals surface area contributed by atoms with Gasteiger partial charge in [0.1, 0.15) is 18.0 Å². The Morgan fingerprint density at radius 2 is 2.16 bits per heavy atom. The van der Waals surface area contributed by atoms with Crippen LogP contribution in [0.15, 0.2) is 18.2 Å². The molecule has 7 heteroatoms. The normalized spacial score (nSPS) is 21.6. The van der Waals surface area contributed by atoms with Crippen molar-refractivity contribution in [3.63, 3.8) is 0 Å². The number of ether oxygens (including phenoxy) is 2. The molecule has 0 saturated carbocycles. The first-order chi connectivity index (χ1) is 8.60. The molecule has 1 aromatic carbocycles. The number of halogens is 3. The third-order valence-electron chi connectivity index (χ3n) is 2.76.